The first-order chi connectivity index (χ1) is 9.32. The van der Waals surface area contributed by atoms with Crippen LogP contribution in [0.1, 0.15) is 27.2 Å². The number of rotatable bonds is 6. The van der Waals surface area contributed by atoms with Crippen molar-refractivity contribution in [2.75, 3.05) is 20.2 Å². The van der Waals surface area contributed by atoms with Gasteiger partial charge in [-0.25, -0.2) is 0 Å². The van der Waals surface area contributed by atoms with E-state index >= 15 is 0 Å². The predicted octanol–water partition coefficient (Wildman–Crippen LogP) is 2.29. The molecule has 0 aliphatic rings. The van der Waals surface area contributed by atoms with Crippen LogP contribution >= 0.6 is 0 Å². The highest BCUT2D eigenvalue weighted by Crippen LogP contribution is 2.18. The fourth-order valence-electron chi connectivity index (χ4n) is 1.73. The van der Waals surface area contributed by atoms with E-state index in [9.17, 15) is 4.79 Å². The lowest BCUT2D eigenvalue weighted by atomic mass is 9.86. The molecule has 0 aromatic heterocycles. The van der Waals surface area contributed by atoms with Gasteiger partial charge in [-0.2, -0.15) is 0 Å². The molecule has 1 atom stereocenters. The average molecular weight is 278 g/mol. The molecule has 0 fully saturated rings. The molecule has 1 aromatic carbocycles. The number of ether oxygens (including phenoxy) is 1. The average Bonchev–Trinajstić information content (AvgIpc) is 2.41. The highest BCUT2D eigenvalue weighted by molar-refractivity contribution is 5.82. The maximum Gasteiger partial charge on any atom is 0.239 e. The molecule has 20 heavy (non-hydrogen) atoms. The molecular formula is C16H26N2O2. The molecule has 0 spiro atoms. The van der Waals surface area contributed by atoms with Crippen molar-refractivity contribution < 1.29 is 9.53 Å². The maximum atomic E-state index is 12.1. The van der Waals surface area contributed by atoms with Crippen molar-refractivity contribution in [1.29, 1.82) is 0 Å². The Kier molecular flexibility index (Phi) is 6.02. The van der Waals surface area contributed by atoms with Crippen LogP contribution in [-0.2, 0) is 4.79 Å². The van der Waals surface area contributed by atoms with E-state index < -0.39 is 6.04 Å². The lowest BCUT2D eigenvalue weighted by Crippen LogP contribution is -2.49. The normalized spacial score (nSPS) is 12.8. The van der Waals surface area contributed by atoms with Gasteiger partial charge in [-0.1, -0.05) is 39.0 Å². The van der Waals surface area contributed by atoms with Crippen molar-refractivity contribution in [2.24, 2.45) is 11.1 Å². The lowest BCUT2D eigenvalue weighted by molar-refractivity contribution is -0.133. The van der Waals surface area contributed by atoms with Gasteiger partial charge in [0, 0.05) is 13.6 Å². The first-order valence-electron chi connectivity index (χ1n) is 7.01. The number of amides is 1. The number of hydrogen-bond donors (Lipinski definition) is 1. The second-order valence-corrected chi connectivity index (χ2v) is 6.12. The summed E-state index contributed by atoms with van der Waals surface area (Å²) in [7, 11) is 1.79. The minimum atomic E-state index is -0.470. The van der Waals surface area contributed by atoms with Gasteiger partial charge in [0.2, 0.25) is 5.91 Å². The molecule has 4 heteroatoms. The number of nitrogens with two attached hydrogens (primary N) is 1. The standard InChI is InChI=1S/C16H26N2O2/c1-16(2,3)14(17)15(19)18(4)11-8-12-20-13-9-6-5-7-10-13/h5-7,9-10,14H,8,11-12,17H2,1-4H3/t14-/m1/s1. The molecule has 1 rings (SSSR count). The molecule has 1 aromatic rings. The highest BCUT2D eigenvalue weighted by atomic mass is 16.5. The monoisotopic (exact) mass is 278 g/mol. The van der Waals surface area contributed by atoms with Crippen LogP contribution in [0.2, 0.25) is 0 Å². The van der Waals surface area contributed by atoms with Crippen molar-refractivity contribution in [3.05, 3.63) is 30.3 Å². The molecule has 4 nitrogen and oxygen atoms in total. The van der Waals surface area contributed by atoms with Gasteiger partial charge < -0.3 is 15.4 Å². The van der Waals surface area contributed by atoms with Gasteiger partial charge in [-0.05, 0) is 24.0 Å². The SMILES string of the molecule is CN(CCCOc1ccccc1)C(=O)[C@@H](N)C(C)(C)C. The fraction of sp³-hybridized carbons (Fsp3) is 0.562. The van der Waals surface area contributed by atoms with Gasteiger partial charge in [0.05, 0.1) is 12.6 Å². The van der Waals surface area contributed by atoms with E-state index in [1.165, 1.54) is 0 Å². The van der Waals surface area contributed by atoms with Crippen LogP contribution in [0.3, 0.4) is 0 Å². The van der Waals surface area contributed by atoms with Crippen molar-refractivity contribution in [2.45, 2.75) is 33.2 Å². The number of carbonyl (C=O) groups excluding carboxylic acids is 1. The number of nitrogens with zero attached hydrogens (tertiary/aromatic N) is 1. The van der Waals surface area contributed by atoms with E-state index in [1.807, 2.05) is 51.1 Å². The van der Waals surface area contributed by atoms with E-state index in [-0.39, 0.29) is 11.3 Å². The molecule has 112 valence electrons. The van der Waals surface area contributed by atoms with Crippen molar-refractivity contribution >= 4 is 5.91 Å². The van der Waals surface area contributed by atoms with Gasteiger partial charge >= 0.3 is 0 Å². The van der Waals surface area contributed by atoms with Crippen molar-refractivity contribution in [3.8, 4) is 5.75 Å². The van der Waals surface area contributed by atoms with E-state index in [2.05, 4.69) is 0 Å². The maximum absolute atomic E-state index is 12.1. The Balaban J connectivity index is 2.30. The van der Waals surface area contributed by atoms with Crippen molar-refractivity contribution in [3.63, 3.8) is 0 Å². The number of para-hydroxylation sites is 1. The molecule has 0 radical (unpaired) electrons. The van der Waals surface area contributed by atoms with Crippen LogP contribution in [0, 0.1) is 5.41 Å². The van der Waals surface area contributed by atoms with E-state index in [4.69, 9.17) is 10.5 Å². The van der Waals surface area contributed by atoms with Crippen LogP contribution in [0.15, 0.2) is 30.3 Å². The van der Waals surface area contributed by atoms with E-state index in [0.29, 0.717) is 13.2 Å². The summed E-state index contributed by atoms with van der Waals surface area (Å²) in [5.41, 5.74) is 5.75. The Labute approximate surface area is 121 Å². The van der Waals surface area contributed by atoms with Gasteiger partial charge in [0.15, 0.2) is 0 Å². The number of likely N-dealkylation sites (N-methyl/N-ethyl adjacent to an activating group) is 1. The first kappa shape index (κ1) is 16.5. The van der Waals surface area contributed by atoms with Crippen LogP contribution < -0.4 is 10.5 Å². The van der Waals surface area contributed by atoms with Crippen molar-refractivity contribution in [1.82, 2.24) is 4.90 Å². The third kappa shape index (κ3) is 5.21. The Bertz CT molecular complexity index is 412. The number of benzene rings is 1. The lowest BCUT2D eigenvalue weighted by Gasteiger charge is -2.30. The van der Waals surface area contributed by atoms with Gasteiger partial charge in [0.25, 0.3) is 0 Å². The summed E-state index contributed by atoms with van der Waals surface area (Å²) in [4.78, 5) is 13.8. The van der Waals surface area contributed by atoms with Crippen LogP contribution in [0.25, 0.3) is 0 Å². The molecule has 0 aliphatic carbocycles. The topological polar surface area (TPSA) is 55.6 Å². The number of carbonyl (C=O) groups is 1. The molecule has 2 N–H and O–H groups in total. The second kappa shape index (κ2) is 7.29. The quantitative estimate of drug-likeness (QED) is 0.812. The van der Waals surface area contributed by atoms with Crippen LogP contribution in [-0.4, -0.2) is 37.0 Å². The fourth-order valence-corrected chi connectivity index (χ4v) is 1.73. The number of hydrogen-bond acceptors (Lipinski definition) is 3. The van der Waals surface area contributed by atoms with E-state index in [1.54, 1.807) is 11.9 Å². The summed E-state index contributed by atoms with van der Waals surface area (Å²) in [6.07, 6.45) is 0.786. The Morgan fingerprint density at radius 2 is 1.90 bits per heavy atom. The minimum absolute atomic E-state index is 0.0165. The predicted molar refractivity (Wildman–Crippen MR) is 81.6 cm³/mol. The smallest absolute Gasteiger partial charge is 0.239 e. The Hall–Kier alpha value is -1.55. The van der Waals surface area contributed by atoms with Gasteiger partial charge in [-0.3, -0.25) is 4.79 Å². The molecular weight excluding hydrogens is 252 g/mol. The highest BCUT2D eigenvalue weighted by Gasteiger charge is 2.29. The molecule has 0 heterocycles. The summed E-state index contributed by atoms with van der Waals surface area (Å²) in [6, 6.07) is 9.20. The summed E-state index contributed by atoms with van der Waals surface area (Å²) >= 11 is 0. The summed E-state index contributed by atoms with van der Waals surface area (Å²) in [5.74, 6) is 0.838. The zero-order chi connectivity index (χ0) is 15.2. The van der Waals surface area contributed by atoms with Crippen LogP contribution in [0.4, 0.5) is 0 Å². The molecule has 0 saturated heterocycles. The second-order valence-electron chi connectivity index (χ2n) is 6.12. The molecule has 1 amide bonds. The van der Waals surface area contributed by atoms with Gasteiger partial charge in [-0.15, -0.1) is 0 Å². The molecule has 0 unspecified atom stereocenters. The molecule has 0 saturated carbocycles. The zero-order valence-corrected chi connectivity index (χ0v) is 12.9. The third-order valence-corrected chi connectivity index (χ3v) is 3.23. The Morgan fingerprint density at radius 1 is 1.30 bits per heavy atom. The zero-order valence-electron chi connectivity index (χ0n) is 12.9. The van der Waals surface area contributed by atoms with E-state index in [0.717, 1.165) is 12.2 Å². The minimum Gasteiger partial charge on any atom is -0.494 e. The molecule has 0 aliphatic heterocycles. The summed E-state index contributed by atoms with van der Waals surface area (Å²) < 4.78 is 5.59. The first-order valence-corrected chi connectivity index (χ1v) is 7.01. The summed E-state index contributed by atoms with van der Waals surface area (Å²) in [6.45, 7) is 7.16. The van der Waals surface area contributed by atoms with Crippen LogP contribution in [0.5, 0.6) is 5.75 Å². The van der Waals surface area contributed by atoms with Gasteiger partial charge in [0.1, 0.15) is 5.75 Å². The third-order valence-electron chi connectivity index (χ3n) is 3.23. The largest absolute Gasteiger partial charge is 0.494 e. The summed E-state index contributed by atoms with van der Waals surface area (Å²) in [5, 5.41) is 0. The Morgan fingerprint density at radius 3 is 2.45 bits per heavy atom. The molecule has 0 bridgehead atoms.